The van der Waals surface area contributed by atoms with E-state index in [4.69, 9.17) is 4.74 Å². The van der Waals surface area contributed by atoms with E-state index >= 15 is 0 Å². The van der Waals surface area contributed by atoms with Gasteiger partial charge >= 0.3 is 5.97 Å². The Hall–Kier alpha value is -1.98. The van der Waals surface area contributed by atoms with Gasteiger partial charge in [-0.1, -0.05) is 0 Å². The number of rotatable bonds is 5. The highest BCUT2D eigenvalue weighted by atomic mass is 16.5. The van der Waals surface area contributed by atoms with Crippen molar-refractivity contribution in [3.63, 3.8) is 0 Å². The molecule has 6 heteroatoms. The average Bonchev–Trinajstić information content (AvgIpc) is 2.36. The van der Waals surface area contributed by atoms with E-state index in [0.717, 1.165) is 5.69 Å². The topological polar surface area (TPSA) is 72.4 Å². The summed E-state index contributed by atoms with van der Waals surface area (Å²) in [6.45, 7) is 4.19. The number of nitrogens with zero attached hydrogens (tertiary/aromatic N) is 3. The van der Waals surface area contributed by atoms with E-state index in [1.165, 1.54) is 17.3 Å². The van der Waals surface area contributed by atoms with E-state index in [1.54, 1.807) is 20.9 Å². The van der Waals surface area contributed by atoms with Crippen molar-refractivity contribution >= 4 is 11.9 Å². The van der Waals surface area contributed by atoms with Gasteiger partial charge < -0.3 is 9.64 Å². The maximum atomic E-state index is 11.9. The molecule has 0 saturated heterocycles. The molecule has 1 aromatic heterocycles. The predicted octanol–water partition coefficient (Wildman–Crippen LogP) is 0.810. The molecule has 0 aromatic carbocycles. The molecule has 0 fully saturated rings. The highest BCUT2D eigenvalue weighted by Crippen LogP contribution is 2.00. The number of ether oxygens (including phenoxy) is 1. The summed E-state index contributed by atoms with van der Waals surface area (Å²) in [7, 11) is 1.61. The normalized spacial score (nSPS) is 9.94. The molecule has 98 valence electrons. The molecule has 0 N–H and O–H groups in total. The Labute approximate surface area is 106 Å². The van der Waals surface area contributed by atoms with Gasteiger partial charge in [-0.25, -0.2) is 4.98 Å². The SMILES string of the molecule is CCOC(=O)CCN(C)C(=O)c1cnc(C)cn1. The number of amides is 1. The fraction of sp³-hybridized carbons (Fsp3) is 0.500. The second-order valence-electron chi connectivity index (χ2n) is 3.82. The van der Waals surface area contributed by atoms with E-state index in [2.05, 4.69) is 9.97 Å². The molecule has 0 unspecified atom stereocenters. The molecule has 0 atom stereocenters. The predicted molar refractivity (Wildman–Crippen MR) is 65.0 cm³/mol. The average molecular weight is 251 g/mol. The van der Waals surface area contributed by atoms with Crippen LogP contribution in [0.1, 0.15) is 29.5 Å². The number of esters is 1. The lowest BCUT2D eigenvalue weighted by atomic mass is 10.3. The van der Waals surface area contributed by atoms with Crippen LogP contribution in [0.4, 0.5) is 0 Å². The van der Waals surface area contributed by atoms with Gasteiger partial charge in [0.05, 0.1) is 24.9 Å². The Morgan fingerprint density at radius 3 is 2.61 bits per heavy atom. The summed E-state index contributed by atoms with van der Waals surface area (Å²) < 4.78 is 4.79. The largest absolute Gasteiger partial charge is 0.466 e. The van der Waals surface area contributed by atoms with E-state index in [-0.39, 0.29) is 24.0 Å². The summed E-state index contributed by atoms with van der Waals surface area (Å²) in [6.07, 6.45) is 3.14. The number of aryl methyl sites for hydroxylation is 1. The van der Waals surface area contributed by atoms with Crippen LogP contribution in [0.2, 0.25) is 0 Å². The Balaban J connectivity index is 2.51. The van der Waals surface area contributed by atoms with E-state index in [0.29, 0.717) is 13.2 Å². The Morgan fingerprint density at radius 2 is 2.06 bits per heavy atom. The van der Waals surface area contributed by atoms with Crippen LogP contribution < -0.4 is 0 Å². The number of carbonyl (C=O) groups excluding carboxylic acids is 2. The third-order valence-electron chi connectivity index (χ3n) is 2.30. The van der Waals surface area contributed by atoms with Crippen molar-refractivity contribution in [2.75, 3.05) is 20.2 Å². The molecule has 1 amide bonds. The minimum absolute atomic E-state index is 0.176. The standard InChI is InChI=1S/C12H17N3O3/c1-4-18-11(16)5-6-15(3)12(17)10-8-13-9(2)7-14-10/h7-8H,4-6H2,1-3H3. The fourth-order valence-electron chi connectivity index (χ4n) is 1.29. The van der Waals surface area contributed by atoms with Crippen molar-refractivity contribution < 1.29 is 14.3 Å². The third-order valence-corrected chi connectivity index (χ3v) is 2.30. The van der Waals surface area contributed by atoms with E-state index in [1.807, 2.05) is 0 Å². The van der Waals surface area contributed by atoms with Crippen molar-refractivity contribution in [2.45, 2.75) is 20.3 Å². The van der Waals surface area contributed by atoms with Gasteiger partial charge in [0, 0.05) is 19.8 Å². The molecule has 0 aliphatic heterocycles. The van der Waals surface area contributed by atoms with E-state index in [9.17, 15) is 9.59 Å². The van der Waals surface area contributed by atoms with Gasteiger partial charge in [-0.3, -0.25) is 14.6 Å². The first kappa shape index (κ1) is 14.1. The van der Waals surface area contributed by atoms with Gasteiger partial charge in [0.2, 0.25) is 0 Å². The van der Waals surface area contributed by atoms with Gasteiger partial charge in [-0.15, -0.1) is 0 Å². The zero-order valence-electron chi connectivity index (χ0n) is 10.8. The number of aromatic nitrogens is 2. The molecule has 1 rings (SSSR count). The lowest BCUT2D eigenvalue weighted by Gasteiger charge is -2.15. The molecule has 0 radical (unpaired) electrons. The molecule has 0 aliphatic carbocycles. The van der Waals surface area contributed by atoms with Crippen molar-refractivity contribution in [2.24, 2.45) is 0 Å². The highest BCUT2D eigenvalue weighted by molar-refractivity contribution is 5.92. The summed E-state index contributed by atoms with van der Waals surface area (Å²) in [5, 5.41) is 0. The lowest BCUT2D eigenvalue weighted by Crippen LogP contribution is -2.30. The van der Waals surface area contributed by atoms with Crippen LogP contribution in [0.15, 0.2) is 12.4 Å². The van der Waals surface area contributed by atoms with Crippen LogP contribution in [0, 0.1) is 6.92 Å². The van der Waals surface area contributed by atoms with E-state index < -0.39 is 0 Å². The first-order valence-electron chi connectivity index (χ1n) is 5.74. The Kier molecular flexibility index (Phi) is 5.23. The van der Waals surface area contributed by atoms with Crippen molar-refractivity contribution in [3.8, 4) is 0 Å². The number of hydrogen-bond acceptors (Lipinski definition) is 5. The van der Waals surface area contributed by atoms with Gasteiger partial charge in [0.25, 0.3) is 5.91 Å². The maximum absolute atomic E-state index is 11.9. The minimum Gasteiger partial charge on any atom is -0.466 e. The quantitative estimate of drug-likeness (QED) is 0.724. The maximum Gasteiger partial charge on any atom is 0.307 e. The first-order chi connectivity index (χ1) is 8.54. The number of hydrogen-bond donors (Lipinski definition) is 0. The zero-order valence-corrected chi connectivity index (χ0v) is 10.8. The van der Waals surface area contributed by atoms with Gasteiger partial charge in [-0.05, 0) is 13.8 Å². The highest BCUT2D eigenvalue weighted by Gasteiger charge is 2.14. The van der Waals surface area contributed by atoms with Crippen LogP contribution in [-0.4, -0.2) is 46.9 Å². The molecule has 18 heavy (non-hydrogen) atoms. The van der Waals surface area contributed by atoms with Crippen LogP contribution in [-0.2, 0) is 9.53 Å². The van der Waals surface area contributed by atoms with Crippen molar-refractivity contribution in [3.05, 3.63) is 23.8 Å². The van der Waals surface area contributed by atoms with Gasteiger partial charge in [0.1, 0.15) is 5.69 Å². The molecule has 1 heterocycles. The van der Waals surface area contributed by atoms with Crippen LogP contribution in [0.3, 0.4) is 0 Å². The monoisotopic (exact) mass is 251 g/mol. The molecule has 1 aromatic rings. The van der Waals surface area contributed by atoms with Crippen LogP contribution in [0.25, 0.3) is 0 Å². The number of carbonyl (C=O) groups is 2. The molecule has 0 bridgehead atoms. The van der Waals surface area contributed by atoms with Crippen molar-refractivity contribution in [1.29, 1.82) is 0 Å². The van der Waals surface area contributed by atoms with Gasteiger partial charge in [0.15, 0.2) is 0 Å². The van der Waals surface area contributed by atoms with Crippen LogP contribution >= 0.6 is 0 Å². The zero-order chi connectivity index (χ0) is 13.5. The molecular weight excluding hydrogens is 234 g/mol. The summed E-state index contributed by atoms with van der Waals surface area (Å²) in [6, 6.07) is 0. The molecule has 0 spiro atoms. The second kappa shape index (κ2) is 6.68. The van der Waals surface area contributed by atoms with Crippen LogP contribution in [0.5, 0.6) is 0 Å². The van der Waals surface area contributed by atoms with Crippen molar-refractivity contribution in [1.82, 2.24) is 14.9 Å². The second-order valence-corrected chi connectivity index (χ2v) is 3.82. The first-order valence-corrected chi connectivity index (χ1v) is 5.74. The minimum atomic E-state index is -0.313. The summed E-state index contributed by atoms with van der Waals surface area (Å²) in [5.41, 5.74) is 1.02. The summed E-state index contributed by atoms with van der Waals surface area (Å²) in [5.74, 6) is -0.570. The van der Waals surface area contributed by atoms with Gasteiger partial charge in [-0.2, -0.15) is 0 Å². The fourth-order valence-corrected chi connectivity index (χ4v) is 1.29. The Morgan fingerprint density at radius 1 is 1.33 bits per heavy atom. The summed E-state index contributed by atoms with van der Waals surface area (Å²) in [4.78, 5) is 32.5. The molecule has 6 nitrogen and oxygen atoms in total. The Bertz CT molecular complexity index is 417. The summed E-state index contributed by atoms with van der Waals surface area (Å²) >= 11 is 0. The smallest absolute Gasteiger partial charge is 0.307 e. The third kappa shape index (κ3) is 4.12. The molecular formula is C12H17N3O3. The molecule has 0 saturated carbocycles. The lowest BCUT2D eigenvalue weighted by molar-refractivity contribution is -0.143. The molecule has 0 aliphatic rings.